The molecule has 0 saturated carbocycles. The molecule has 0 aliphatic rings. The first kappa shape index (κ1) is 15.0. The summed E-state index contributed by atoms with van der Waals surface area (Å²) >= 11 is 6.14. The van der Waals surface area contributed by atoms with Crippen LogP contribution in [0.5, 0.6) is 11.5 Å². The molecule has 0 heterocycles. The summed E-state index contributed by atoms with van der Waals surface area (Å²) in [5, 5.41) is 12.8. The molecule has 108 valence electrons. The molecule has 1 N–H and O–H groups in total. The van der Waals surface area contributed by atoms with E-state index in [1.54, 1.807) is 32.4 Å². The van der Waals surface area contributed by atoms with Gasteiger partial charge in [-0.3, -0.25) is 0 Å². The predicted molar refractivity (Wildman–Crippen MR) is 83.0 cm³/mol. The van der Waals surface area contributed by atoms with Crippen LogP contribution in [0.15, 0.2) is 36.4 Å². The first-order valence-corrected chi connectivity index (χ1v) is 6.71. The Kier molecular flexibility index (Phi) is 4.91. The van der Waals surface area contributed by atoms with Crippen LogP contribution in [0.4, 0.5) is 5.69 Å². The number of anilines is 1. The van der Waals surface area contributed by atoms with E-state index in [0.29, 0.717) is 34.3 Å². The summed E-state index contributed by atoms with van der Waals surface area (Å²) in [7, 11) is 3.19. The average Bonchev–Trinajstić information content (AvgIpc) is 2.52. The molecule has 5 heteroatoms. The lowest BCUT2D eigenvalue weighted by Crippen LogP contribution is -2.04. The van der Waals surface area contributed by atoms with Crippen molar-refractivity contribution < 1.29 is 9.47 Å². The van der Waals surface area contributed by atoms with Crippen LogP contribution >= 0.6 is 11.6 Å². The van der Waals surface area contributed by atoms with E-state index in [0.717, 1.165) is 5.56 Å². The number of rotatable bonds is 5. The SMILES string of the molecule is COc1cccc(CNc2c(Cl)cccc2C#N)c1OC. The Morgan fingerprint density at radius 2 is 1.90 bits per heavy atom. The lowest BCUT2D eigenvalue weighted by molar-refractivity contribution is 0.352. The summed E-state index contributed by atoms with van der Waals surface area (Å²) in [6.45, 7) is 0.471. The molecule has 0 amide bonds. The van der Waals surface area contributed by atoms with Crippen LogP contribution in [0.3, 0.4) is 0 Å². The van der Waals surface area contributed by atoms with Gasteiger partial charge >= 0.3 is 0 Å². The Labute approximate surface area is 128 Å². The first-order valence-electron chi connectivity index (χ1n) is 6.33. The predicted octanol–water partition coefficient (Wildman–Crippen LogP) is 3.84. The van der Waals surface area contributed by atoms with Crippen LogP contribution in [-0.2, 0) is 6.54 Å². The van der Waals surface area contributed by atoms with Crippen LogP contribution < -0.4 is 14.8 Å². The van der Waals surface area contributed by atoms with Gasteiger partial charge in [0.2, 0.25) is 0 Å². The normalized spacial score (nSPS) is 9.81. The number of hydrogen-bond acceptors (Lipinski definition) is 4. The van der Waals surface area contributed by atoms with Gasteiger partial charge in [-0.25, -0.2) is 0 Å². The molecule has 2 aromatic rings. The topological polar surface area (TPSA) is 54.3 Å². The number of nitrogens with one attached hydrogen (secondary N) is 1. The van der Waals surface area contributed by atoms with Crippen LogP contribution in [-0.4, -0.2) is 14.2 Å². The third-order valence-electron chi connectivity index (χ3n) is 3.07. The minimum absolute atomic E-state index is 0.471. The summed E-state index contributed by atoms with van der Waals surface area (Å²) in [6, 6.07) is 13.0. The fourth-order valence-electron chi connectivity index (χ4n) is 2.07. The van der Waals surface area contributed by atoms with Crippen molar-refractivity contribution in [1.29, 1.82) is 5.26 Å². The summed E-state index contributed by atoms with van der Waals surface area (Å²) in [6.07, 6.45) is 0. The van der Waals surface area contributed by atoms with Crippen LogP contribution in [0.2, 0.25) is 5.02 Å². The molecule has 0 bridgehead atoms. The van der Waals surface area contributed by atoms with Gasteiger partial charge in [-0.15, -0.1) is 0 Å². The van der Waals surface area contributed by atoms with Crippen molar-refractivity contribution in [3.8, 4) is 17.6 Å². The number of halogens is 1. The highest BCUT2D eigenvalue weighted by Gasteiger charge is 2.11. The monoisotopic (exact) mass is 302 g/mol. The van der Waals surface area contributed by atoms with E-state index in [2.05, 4.69) is 11.4 Å². The van der Waals surface area contributed by atoms with Gasteiger partial charge in [-0.2, -0.15) is 5.26 Å². The van der Waals surface area contributed by atoms with Crippen molar-refractivity contribution in [3.63, 3.8) is 0 Å². The van der Waals surface area contributed by atoms with Crippen molar-refractivity contribution in [2.24, 2.45) is 0 Å². The maximum atomic E-state index is 9.13. The quantitative estimate of drug-likeness (QED) is 0.911. The fraction of sp³-hybridized carbons (Fsp3) is 0.188. The van der Waals surface area contributed by atoms with E-state index >= 15 is 0 Å². The Morgan fingerprint density at radius 3 is 2.57 bits per heavy atom. The minimum Gasteiger partial charge on any atom is -0.493 e. The van der Waals surface area contributed by atoms with Gasteiger partial charge in [0, 0.05) is 12.1 Å². The average molecular weight is 303 g/mol. The standard InChI is InChI=1S/C16H15ClN2O2/c1-20-14-8-4-6-12(16(14)21-2)10-19-15-11(9-18)5-3-7-13(15)17/h3-8,19H,10H2,1-2H3. The maximum absolute atomic E-state index is 9.13. The largest absolute Gasteiger partial charge is 0.493 e. The van der Waals surface area contributed by atoms with Crippen LogP contribution in [0.25, 0.3) is 0 Å². The molecular weight excluding hydrogens is 288 g/mol. The Balaban J connectivity index is 2.27. The summed E-state index contributed by atoms with van der Waals surface area (Å²) < 4.78 is 10.6. The second-order valence-corrected chi connectivity index (χ2v) is 4.69. The van der Waals surface area contributed by atoms with Gasteiger partial charge in [0.05, 0.1) is 30.5 Å². The van der Waals surface area contributed by atoms with E-state index in [-0.39, 0.29) is 0 Å². The maximum Gasteiger partial charge on any atom is 0.165 e. The van der Waals surface area contributed by atoms with Gasteiger partial charge < -0.3 is 14.8 Å². The smallest absolute Gasteiger partial charge is 0.165 e. The van der Waals surface area contributed by atoms with Gasteiger partial charge in [0.1, 0.15) is 6.07 Å². The molecule has 4 nitrogen and oxygen atoms in total. The molecule has 0 atom stereocenters. The number of ether oxygens (including phenoxy) is 2. The third kappa shape index (κ3) is 3.21. The Morgan fingerprint density at radius 1 is 1.14 bits per heavy atom. The highest BCUT2D eigenvalue weighted by Crippen LogP contribution is 2.32. The fourth-order valence-corrected chi connectivity index (χ4v) is 2.31. The van der Waals surface area contributed by atoms with E-state index in [4.69, 9.17) is 26.3 Å². The second-order valence-electron chi connectivity index (χ2n) is 4.28. The summed E-state index contributed by atoms with van der Waals surface area (Å²) in [5.74, 6) is 1.33. The summed E-state index contributed by atoms with van der Waals surface area (Å²) in [4.78, 5) is 0. The van der Waals surface area contributed by atoms with Gasteiger partial charge in [0.15, 0.2) is 11.5 Å². The van der Waals surface area contributed by atoms with Crippen molar-refractivity contribution in [1.82, 2.24) is 0 Å². The lowest BCUT2D eigenvalue weighted by atomic mass is 10.1. The molecular formula is C16H15ClN2O2. The molecule has 0 aromatic heterocycles. The zero-order chi connectivity index (χ0) is 15.2. The van der Waals surface area contributed by atoms with Gasteiger partial charge in [-0.1, -0.05) is 29.8 Å². The third-order valence-corrected chi connectivity index (χ3v) is 3.39. The van der Waals surface area contributed by atoms with Crippen molar-refractivity contribution >= 4 is 17.3 Å². The zero-order valence-corrected chi connectivity index (χ0v) is 12.6. The van der Waals surface area contributed by atoms with Crippen molar-refractivity contribution in [2.75, 3.05) is 19.5 Å². The number of nitriles is 1. The van der Waals surface area contributed by atoms with Gasteiger partial charge in [-0.05, 0) is 18.2 Å². The minimum atomic E-state index is 0.471. The molecule has 0 unspecified atom stereocenters. The highest BCUT2D eigenvalue weighted by atomic mass is 35.5. The first-order chi connectivity index (χ1) is 10.2. The molecule has 0 aliphatic carbocycles. The van der Waals surface area contributed by atoms with E-state index in [9.17, 15) is 0 Å². The Bertz CT molecular complexity index is 680. The lowest BCUT2D eigenvalue weighted by Gasteiger charge is -2.15. The number of hydrogen-bond donors (Lipinski definition) is 1. The Hall–Kier alpha value is -2.38. The van der Waals surface area contributed by atoms with E-state index in [1.807, 2.05) is 18.2 Å². The molecule has 0 fully saturated rings. The zero-order valence-electron chi connectivity index (χ0n) is 11.8. The van der Waals surface area contributed by atoms with E-state index in [1.165, 1.54) is 0 Å². The van der Waals surface area contributed by atoms with Crippen molar-refractivity contribution in [2.45, 2.75) is 6.54 Å². The van der Waals surface area contributed by atoms with Gasteiger partial charge in [0.25, 0.3) is 0 Å². The molecule has 21 heavy (non-hydrogen) atoms. The number of para-hydroxylation sites is 2. The molecule has 0 spiro atoms. The molecule has 0 saturated heterocycles. The summed E-state index contributed by atoms with van der Waals surface area (Å²) in [5.41, 5.74) is 2.04. The van der Waals surface area contributed by atoms with Crippen molar-refractivity contribution in [3.05, 3.63) is 52.5 Å². The molecule has 2 aromatic carbocycles. The molecule has 2 rings (SSSR count). The van der Waals surface area contributed by atoms with E-state index < -0.39 is 0 Å². The van der Waals surface area contributed by atoms with Crippen LogP contribution in [0, 0.1) is 11.3 Å². The number of nitrogens with zero attached hydrogens (tertiary/aromatic N) is 1. The highest BCUT2D eigenvalue weighted by molar-refractivity contribution is 6.33. The molecule has 0 aliphatic heterocycles. The second kappa shape index (κ2) is 6.87. The molecule has 0 radical (unpaired) electrons. The number of methoxy groups -OCH3 is 2. The van der Waals surface area contributed by atoms with Crippen LogP contribution in [0.1, 0.15) is 11.1 Å². The number of benzene rings is 2.